The lowest BCUT2D eigenvalue weighted by Gasteiger charge is -2.11. The molecule has 0 unspecified atom stereocenters. The van der Waals surface area contributed by atoms with E-state index in [2.05, 4.69) is 10.3 Å². The van der Waals surface area contributed by atoms with E-state index < -0.39 is 5.91 Å². The summed E-state index contributed by atoms with van der Waals surface area (Å²) in [6.45, 7) is 3.78. The van der Waals surface area contributed by atoms with E-state index in [4.69, 9.17) is 5.73 Å². The molecule has 0 aromatic carbocycles. The van der Waals surface area contributed by atoms with Gasteiger partial charge in [0.05, 0.1) is 11.3 Å². The van der Waals surface area contributed by atoms with Crippen molar-refractivity contribution in [2.75, 3.05) is 5.32 Å². The van der Waals surface area contributed by atoms with E-state index in [1.54, 1.807) is 4.40 Å². The Morgan fingerprint density at radius 3 is 2.81 bits per heavy atom. The Morgan fingerprint density at radius 1 is 1.27 bits per heavy atom. The molecular weight excluding hydrogens is 348 g/mol. The highest BCUT2D eigenvalue weighted by Crippen LogP contribution is 2.38. The first kappa shape index (κ1) is 16.8. The molecule has 1 aliphatic carbocycles. The van der Waals surface area contributed by atoms with Crippen LogP contribution in [0.4, 0.5) is 5.00 Å². The number of aryl methyl sites for hydroxylation is 3. The highest BCUT2D eigenvalue weighted by Gasteiger charge is 2.26. The van der Waals surface area contributed by atoms with E-state index in [0.29, 0.717) is 22.0 Å². The minimum Gasteiger partial charge on any atom is -0.365 e. The highest BCUT2D eigenvalue weighted by atomic mass is 32.1. The van der Waals surface area contributed by atoms with Gasteiger partial charge in [0.2, 0.25) is 0 Å². The molecule has 0 radical (unpaired) electrons. The van der Waals surface area contributed by atoms with Crippen molar-refractivity contribution in [3.05, 3.63) is 51.3 Å². The Morgan fingerprint density at radius 2 is 2.04 bits per heavy atom. The van der Waals surface area contributed by atoms with Crippen LogP contribution in [0, 0.1) is 13.8 Å². The van der Waals surface area contributed by atoms with Crippen molar-refractivity contribution in [2.24, 2.45) is 5.73 Å². The number of hydrogen-bond acceptors (Lipinski definition) is 4. The number of primary amides is 1. The largest absolute Gasteiger partial charge is 0.365 e. The molecule has 3 heterocycles. The summed E-state index contributed by atoms with van der Waals surface area (Å²) in [5.41, 5.74) is 9.99. The number of nitrogens with zero attached hydrogens (tertiary/aromatic N) is 2. The zero-order valence-electron chi connectivity index (χ0n) is 14.8. The monoisotopic (exact) mass is 368 g/mol. The molecule has 0 fully saturated rings. The number of pyridine rings is 1. The summed E-state index contributed by atoms with van der Waals surface area (Å²) < 4.78 is 1.79. The Bertz CT molecular complexity index is 1050. The molecule has 2 amide bonds. The zero-order valence-corrected chi connectivity index (χ0v) is 15.6. The number of carbonyl (C=O) groups is 2. The number of hydrogen-bond donors (Lipinski definition) is 2. The van der Waals surface area contributed by atoms with Crippen LogP contribution in [0.25, 0.3) is 5.65 Å². The topological polar surface area (TPSA) is 89.5 Å². The Balaban J connectivity index is 1.76. The molecule has 6 nitrogen and oxygen atoms in total. The smallest absolute Gasteiger partial charge is 0.275 e. The van der Waals surface area contributed by atoms with Crippen LogP contribution >= 0.6 is 11.3 Å². The van der Waals surface area contributed by atoms with Crippen LogP contribution in [-0.4, -0.2) is 21.2 Å². The van der Waals surface area contributed by atoms with Crippen LogP contribution in [0.3, 0.4) is 0 Å². The normalized spacial score (nSPS) is 13.6. The van der Waals surface area contributed by atoms with E-state index >= 15 is 0 Å². The molecular formula is C19H20N4O2S. The van der Waals surface area contributed by atoms with Gasteiger partial charge in [-0.2, -0.15) is 0 Å². The second kappa shape index (κ2) is 6.25. The molecule has 0 bridgehead atoms. The number of amides is 2. The van der Waals surface area contributed by atoms with Crippen molar-refractivity contribution in [3.63, 3.8) is 0 Å². The van der Waals surface area contributed by atoms with Crippen molar-refractivity contribution in [1.29, 1.82) is 0 Å². The fourth-order valence-electron chi connectivity index (χ4n) is 3.67. The average molecular weight is 368 g/mol. The van der Waals surface area contributed by atoms with Crippen LogP contribution in [-0.2, 0) is 12.8 Å². The summed E-state index contributed by atoms with van der Waals surface area (Å²) >= 11 is 1.47. The predicted molar refractivity (Wildman–Crippen MR) is 102 cm³/mol. The maximum Gasteiger partial charge on any atom is 0.275 e. The van der Waals surface area contributed by atoms with Gasteiger partial charge in [0.25, 0.3) is 11.8 Å². The first-order valence-electron chi connectivity index (χ1n) is 8.67. The fourth-order valence-corrected chi connectivity index (χ4v) is 4.96. The quantitative estimate of drug-likeness (QED) is 0.744. The average Bonchev–Trinajstić information content (AvgIpc) is 3.12. The molecule has 26 heavy (non-hydrogen) atoms. The summed E-state index contributed by atoms with van der Waals surface area (Å²) in [6.07, 6.45) is 5.75. The van der Waals surface area contributed by atoms with Crippen molar-refractivity contribution in [1.82, 2.24) is 9.38 Å². The number of aromatic nitrogens is 2. The second-order valence-electron chi connectivity index (χ2n) is 6.66. The number of nitrogens with one attached hydrogen (secondary N) is 1. The number of imidazole rings is 1. The number of rotatable bonds is 3. The van der Waals surface area contributed by atoms with Crippen molar-refractivity contribution in [2.45, 2.75) is 39.5 Å². The van der Waals surface area contributed by atoms with Crippen molar-refractivity contribution in [3.8, 4) is 0 Å². The van der Waals surface area contributed by atoms with Crippen LogP contribution in [0.5, 0.6) is 0 Å². The van der Waals surface area contributed by atoms with Gasteiger partial charge in [-0.05, 0) is 56.7 Å². The Hall–Kier alpha value is -2.67. The minimum atomic E-state index is -0.481. The van der Waals surface area contributed by atoms with Gasteiger partial charge in [-0.25, -0.2) is 4.98 Å². The lowest BCUT2D eigenvalue weighted by atomic mass is 9.95. The molecule has 4 rings (SSSR count). The third-order valence-electron chi connectivity index (χ3n) is 4.88. The summed E-state index contributed by atoms with van der Waals surface area (Å²) in [4.78, 5) is 30.7. The van der Waals surface area contributed by atoms with Gasteiger partial charge in [0.1, 0.15) is 16.3 Å². The summed E-state index contributed by atoms with van der Waals surface area (Å²) in [6, 6.07) is 3.85. The number of nitrogens with two attached hydrogens (primary N) is 1. The number of fused-ring (bicyclic) bond motifs is 2. The SMILES string of the molecule is Cc1nc2c(C)cccn2c1C(=O)Nc1sc2c(c1C(N)=O)CCCC2. The predicted octanol–water partition coefficient (Wildman–Crippen LogP) is 3.24. The van der Waals surface area contributed by atoms with Gasteiger partial charge >= 0.3 is 0 Å². The molecule has 0 aliphatic heterocycles. The van der Waals surface area contributed by atoms with Gasteiger partial charge in [-0.1, -0.05) is 6.07 Å². The number of thiophene rings is 1. The Labute approximate surface area is 155 Å². The van der Waals surface area contributed by atoms with E-state index in [0.717, 1.165) is 47.3 Å². The molecule has 134 valence electrons. The van der Waals surface area contributed by atoms with Gasteiger partial charge in [-0.3, -0.25) is 14.0 Å². The first-order chi connectivity index (χ1) is 12.5. The maximum atomic E-state index is 13.0. The van der Waals surface area contributed by atoms with E-state index in [1.807, 2.05) is 32.2 Å². The molecule has 0 saturated heterocycles. The van der Waals surface area contributed by atoms with Crippen LogP contribution < -0.4 is 11.1 Å². The summed E-state index contributed by atoms with van der Waals surface area (Å²) in [7, 11) is 0. The number of anilines is 1. The first-order valence-corrected chi connectivity index (χ1v) is 9.49. The third kappa shape index (κ3) is 2.59. The lowest BCUT2D eigenvalue weighted by molar-refractivity contribution is 0.100. The van der Waals surface area contributed by atoms with Crippen molar-refractivity contribution >= 4 is 33.8 Å². The Kier molecular flexibility index (Phi) is 4.03. The molecule has 3 N–H and O–H groups in total. The van der Waals surface area contributed by atoms with Crippen LogP contribution in [0.2, 0.25) is 0 Å². The molecule has 0 atom stereocenters. The maximum absolute atomic E-state index is 13.0. The van der Waals surface area contributed by atoms with Crippen LogP contribution in [0.15, 0.2) is 18.3 Å². The van der Waals surface area contributed by atoms with Gasteiger partial charge in [0, 0.05) is 11.1 Å². The third-order valence-corrected chi connectivity index (χ3v) is 6.09. The zero-order chi connectivity index (χ0) is 18.4. The molecule has 0 saturated carbocycles. The van der Waals surface area contributed by atoms with Crippen LogP contribution in [0.1, 0.15) is 55.4 Å². The molecule has 7 heteroatoms. The van der Waals surface area contributed by atoms with E-state index in [1.165, 1.54) is 11.3 Å². The minimum absolute atomic E-state index is 0.276. The molecule has 3 aromatic rings. The second-order valence-corrected chi connectivity index (χ2v) is 7.77. The van der Waals surface area contributed by atoms with Gasteiger partial charge in [0.15, 0.2) is 0 Å². The van der Waals surface area contributed by atoms with E-state index in [-0.39, 0.29) is 5.91 Å². The van der Waals surface area contributed by atoms with Crippen molar-refractivity contribution < 1.29 is 9.59 Å². The summed E-state index contributed by atoms with van der Waals surface area (Å²) in [5, 5.41) is 3.47. The fraction of sp³-hybridized carbons (Fsp3) is 0.316. The standard InChI is InChI=1S/C19H20N4O2S/c1-10-6-5-9-23-15(11(2)21-17(10)23)18(25)22-19-14(16(20)24)12-7-3-4-8-13(12)26-19/h5-6,9H,3-4,7-8H2,1-2H3,(H2,20,24)(H,22,25). The lowest BCUT2D eigenvalue weighted by Crippen LogP contribution is -2.20. The molecule has 0 spiro atoms. The van der Waals surface area contributed by atoms with Gasteiger partial charge < -0.3 is 11.1 Å². The molecule has 3 aromatic heterocycles. The highest BCUT2D eigenvalue weighted by molar-refractivity contribution is 7.17. The summed E-state index contributed by atoms with van der Waals surface area (Å²) in [5.74, 6) is -0.757. The number of carbonyl (C=O) groups excluding carboxylic acids is 2. The van der Waals surface area contributed by atoms with Gasteiger partial charge in [-0.15, -0.1) is 11.3 Å². The van der Waals surface area contributed by atoms with E-state index in [9.17, 15) is 9.59 Å². The molecule has 1 aliphatic rings.